The van der Waals surface area contributed by atoms with Gasteiger partial charge in [-0.2, -0.15) is 0 Å². The Balaban J connectivity index is 2.10. The predicted molar refractivity (Wildman–Crippen MR) is 93.3 cm³/mol. The Morgan fingerprint density at radius 2 is 2.00 bits per heavy atom. The lowest BCUT2D eigenvalue weighted by Crippen LogP contribution is -2.35. The smallest absolute Gasteiger partial charge is 0.225 e. The van der Waals surface area contributed by atoms with Crippen molar-refractivity contribution in [1.82, 2.24) is 4.90 Å². The van der Waals surface area contributed by atoms with E-state index in [0.717, 1.165) is 19.4 Å². The molecule has 0 radical (unpaired) electrons. The summed E-state index contributed by atoms with van der Waals surface area (Å²) in [5.41, 5.74) is 8.33. The first-order valence-corrected chi connectivity index (χ1v) is 8.49. The van der Waals surface area contributed by atoms with Crippen LogP contribution in [0.5, 0.6) is 0 Å². The molecule has 1 aromatic rings. The Labute approximate surface area is 140 Å². The molecule has 2 unspecified atom stereocenters. The van der Waals surface area contributed by atoms with Crippen molar-refractivity contribution in [2.24, 2.45) is 5.73 Å². The second kappa shape index (κ2) is 7.45. The minimum Gasteiger partial charge on any atom is -0.380 e. The van der Waals surface area contributed by atoms with Gasteiger partial charge in [0, 0.05) is 20.2 Å². The second-order valence-corrected chi connectivity index (χ2v) is 7.41. The normalized spacial score (nSPS) is 19.9. The number of hydrogen-bond acceptors (Lipinski definition) is 3. The van der Waals surface area contributed by atoms with Crippen LogP contribution in [0.15, 0.2) is 24.3 Å². The highest BCUT2D eigenvalue weighted by Crippen LogP contribution is 2.33. The number of ether oxygens (including phenoxy) is 1. The first kappa shape index (κ1) is 18.0. The molecule has 0 aromatic heterocycles. The topological polar surface area (TPSA) is 55.6 Å². The molecule has 1 saturated heterocycles. The second-order valence-electron chi connectivity index (χ2n) is 7.41. The molecule has 1 aromatic carbocycles. The van der Waals surface area contributed by atoms with Crippen LogP contribution in [-0.4, -0.2) is 37.1 Å². The summed E-state index contributed by atoms with van der Waals surface area (Å²) in [6, 6.07) is 8.91. The summed E-state index contributed by atoms with van der Waals surface area (Å²) in [7, 11) is 1.61. The summed E-state index contributed by atoms with van der Waals surface area (Å²) in [6.45, 7) is 7.84. The third-order valence-corrected chi connectivity index (χ3v) is 4.73. The van der Waals surface area contributed by atoms with E-state index >= 15 is 0 Å². The van der Waals surface area contributed by atoms with Gasteiger partial charge in [-0.05, 0) is 29.4 Å². The van der Waals surface area contributed by atoms with Crippen molar-refractivity contribution in [3.8, 4) is 0 Å². The lowest BCUT2D eigenvalue weighted by molar-refractivity contribution is -0.134. The first-order valence-electron chi connectivity index (χ1n) is 8.49. The van der Waals surface area contributed by atoms with Gasteiger partial charge in [0.25, 0.3) is 0 Å². The summed E-state index contributed by atoms with van der Waals surface area (Å²) in [6.07, 6.45) is 2.26. The van der Waals surface area contributed by atoms with Gasteiger partial charge >= 0.3 is 0 Å². The number of carbonyl (C=O) groups excluding carboxylic acids is 1. The largest absolute Gasteiger partial charge is 0.380 e. The van der Waals surface area contributed by atoms with Gasteiger partial charge in [0.2, 0.25) is 5.91 Å². The molecule has 0 aliphatic carbocycles. The SMILES string of the molecule is COC(CN)CC(=O)N1CCCC1c1ccc(C(C)(C)C)cc1. The number of likely N-dealkylation sites (tertiary alicyclic amines) is 1. The van der Waals surface area contributed by atoms with Gasteiger partial charge in [-0.3, -0.25) is 4.79 Å². The van der Waals surface area contributed by atoms with Crippen molar-refractivity contribution < 1.29 is 9.53 Å². The van der Waals surface area contributed by atoms with Crippen LogP contribution in [-0.2, 0) is 14.9 Å². The van der Waals surface area contributed by atoms with Gasteiger partial charge in [0.05, 0.1) is 18.6 Å². The van der Waals surface area contributed by atoms with Crippen molar-refractivity contribution in [2.45, 2.75) is 57.6 Å². The number of carbonyl (C=O) groups is 1. The van der Waals surface area contributed by atoms with Crippen molar-refractivity contribution >= 4 is 5.91 Å². The van der Waals surface area contributed by atoms with E-state index in [0.29, 0.717) is 13.0 Å². The third-order valence-electron chi connectivity index (χ3n) is 4.73. The van der Waals surface area contributed by atoms with E-state index in [-0.39, 0.29) is 23.5 Å². The van der Waals surface area contributed by atoms with Crippen LogP contribution in [0.4, 0.5) is 0 Å². The molecule has 4 nitrogen and oxygen atoms in total. The van der Waals surface area contributed by atoms with E-state index in [1.165, 1.54) is 11.1 Å². The molecule has 0 spiro atoms. The molecule has 128 valence electrons. The summed E-state index contributed by atoms with van der Waals surface area (Å²) >= 11 is 0. The van der Waals surface area contributed by atoms with E-state index in [1.54, 1.807) is 7.11 Å². The monoisotopic (exact) mass is 318 g/mol. The molecule has 0 saturated carbocycles. The van der Waals surface area contributed by atoms with E-state index in [2.05, 4.69) is 45.0 Å². The zero-order valence-electron chi connectivity index (χ0n) is 14.8. The molecular formula is C19H30N2O2. The summed E-state index contributed by atoms with van der Waals surface area (Å²) in [4.78, 5) is 14.6. The molecule has 1 aliphatic heterocycles. The fraction of sp³-hybridized carbons (Fsp3) is 0.632. The lowest BCUT2D eigenvalue weighted by Gasteiger charge is -2.27. The molecular weight excluding hydrogens is 288 g/mol. The van der Waals surface area contributed by atoms with Crippen LogP contribution in [0.2, 0.25) is 0 Å². The van der Waals surface area contributed by atoms with Crippen LogP contribution >= 0.6 is 0 Å². The Morgan fingerprint density at radius 1 is 1.35 bits per heavy atom. The van der Waals surface area contributed by atoms with Crippen LogP contribution in [0.25, 0.3) is 0 Å². The zero-order valence-corrected chi connectivity index (χ0v) is 14.8. The van der Waals surface area contributed by atoms with Crippen LogP contribution in [0.1, 0.15) is 57.2 Å². The maximum atomic E-state index is 12.6. The number of nitrogens with two attached hydrogens (primary N) is 1. The van der Waals surface area contributed by atoms with E-state index in [1.807, 2.05) is 4.90 Å². The molecule has 1 amide bonds. The Bertz CT molecular complexity index is 515. The average Bonchev–Trinajstić information content (AvgIpc) is 3.01. The zero-order chi connectivity index (χ0) is 17.0. The molecule has 2 atom stereocenters. The summed E-state index contributed by atoms with van der Waals surface area (Å²) < 4.78 is 5.25. The average molecular weight is 318 g/mol. The minimum absolute atomic E-state index is 0.143. The summed E-state index contributed by atoms with van der Waals surface area (Å²) in [5, 5.41) is 0. The summed E-state index contributed by atoms with van der Waals surface area (Å²) in [5.74, 6) is 0.143. The quantitative estimate of drug-likeness (QED) is 0.908. The number of methoxy groups -OCH3 is 1. The van der Waals surface area contributed by atoms with Gasteiger partial charge < -0.3 is 15.4 Å². The highest BCUT2D eigenvalue weighted by molar-refractivity contribution is 5.77. The molecule has 23 heavy (non-hydrogen) atoms. The molecule has 1 fully saturated rings. The Hall–Kier alpha value is -1.39. The fourth-order valence-electron chi connectivity index (χ4n) is 3.19. The number of benzene rings is 1. The predicted octanol–water partition coefficient (Wildman–Crippen LogP) is 3.01. The Morgan fingerprint density at radius 3 is 2.52 bits per heavy atom. The maximum Gasteiger partial charge on any atom is 0.225 e. The molecule has 1 heterocycles. The Kier molecular flexibility index (Phi) is 5.82. The van der Waals surface area contributed by atoms with Crippen LogP contribution in [0, 0.1) is 0 Å². The van der Waals surface area contributed by atoms with Crippen LogP contribution < -0.4 is 5.73 Å². The van der Waals surface area contributed by atoms with Gasteiger partial charge in [-0.15, -0.1) is 0 Å². The molecule has 0 bridgehead atoms. The number of nitrogens with zero attached hydrogens (tertiary/aromatic N) is 1. The number of rotatable bonds is 5. The van der Waals surface area contributed by atoms with Crippen LogP contribution in [0.3, 0.4) is 0 Å². The highest BCUT2D eigenvalue weighted by Gasteiger charge is 2.31. The van der Waals surface area contributed by atoms with E-state index in [9.17, 15) is 4.79 Å². The van der Waals surface area contributed by atoms with Crippen molar-refractivity contribution in [3.05, 3.63) is 35.4 Å². The van der Waals surface area contributed by atoms with Gasteiger partial charge in [0.1, 0.15) is 0 Å². The number of hydrogen-bond donors (Lipinski definition) is 1. The number of amides is 1. The van der Waals surface area contributed by atoms with Gasteiger partial charge in [0.15, 0.2) is 0 Å². The lowest BCUT2D eigenvalue weighted by atomic mass is 9.86. The van der Waals surface area contributed by atoms with Crippen molar-refractivity contribution in [2.75, 3.05) is 20.2 Å². The van der Waals surface area contributed by atoms with Crippen molar-refractivity contribution in [3.63, 3.8) is 0 Å². The molecule has 2 rings (SSSR count). The minimum atomic E-state index is -0.188. The molecule has 2 N–H and O–H groups in total. The third kappa shape index (κ3) is 4.33. The van der Waals surface area contributed by atoms with E-state index < -0.39 is 0 Å². The standard InChI is InChI=1S/C19H30N2O2/c1-19(2,3)15-9-7-14(8-10-15)17-6-5-11-21(17)18(22)12-16(13-20)23-4/h7-10,16-17H,5-6,11-13,20H2,1-4H3. The molecule has 1 aliphatic rings. The van der Waals surface area contributed by atoms with Crippen molar-refractivity contribution in [1.29, 1.82) is 0 Å². The maximum absolute atomic E-state index is 12.6. The molecule has 4 heteroatoms. The highest BCUT2D eigenvalue weighted by atomic mass is 16.5. The first-order chi connectivity index (χ1) is 10.9. The van der Waals surface area contributed by atoms with Gasteiger partial charge in [-0.25, -0.2) is 0 Å². The van der Waals surface area contributed by atoms with Gasteiger partial charge in [-0.1, -0.05) is 45.0 Å². The fourth-order valence-corrected chi connectivity index (χ4v) is 3.19. The van der Waals surface area contributed by atoms with E-state index in [4.69, 9.17) is 10.5 Å².